The minimum atomic E-state index is 0.756. The van der Waals surface area contributed by atoms with Gasteiger partial charge in [-0.2, -0.15) is 0 Å². The largest absolute Gasteiger partial charge is 0.385 e. The molecule has 1 aliphatic rings. The number of hydrogen-bond donors (Lipinski definition) is 1. The Labute approximate surface area is 81.3 Å². The van der Waals surface area contributed by atoms with Gasteiger partial charge in [-0.05, 0) is 36.1 Å². The van der Waals surface area contributed by atoms with Gasteiger partial charge in [-0.1, -0.05) is 22.9 Å². The molecule has 0 aromatic heterocycles. The molecule has 12 heavy (non-hydrogen) atoms. The molecule has 0 bridgehead atoms. The summed E-state index contributed by atoms with van der Waals surface area (Å²) in [4.78, 5) is 0. The van der Waals surface area contributed by atoms with Gasteiger partial charge in [0.25, 0.3) is 0 Å². The van der Waals surface area contributed by atoms with Gasteiger partial charge in [-0.15, -0.1) is 0 Å². The molecule has 0 amide bonds. The van der Waals surface area contributed by atoms with E-state index >= 15 is 0 Å². The number of anilines is 1. The smallest absolute Gasteiger partial charge is 0.0373 e. The SMILES string of the molecule is CC1CNc2ccc(Br)cc2C1. The van der Waals surface area contributed by atoms with Crippen LogP contribution in [0.1, 0.15) is 12.5 Å². The summed E-state index contributed by atoms with van der Waals surface area (Å²) in [5.74, 6) is 0.756. The first-order chi connectivity index (χ1) is 5.75. The van der Waals surface area contributed by atoms with Crippen LogP contribution in [0.15, 0.2) is 22.7 Å². The van der Waals surface area contributed by atoms with E-state index in [9.17, 15) is 0 Å². The first-order valence-electron chi connectivity index (χ1n) is 4.28. The third-order valence-electron chi connectivity index (χ3n) is 2.28. The van der Waals surface area contributed by atoms with Crippen molar-refractivity contribution < 1.29 is 0 Å². The predicted molar refractivity (Wildman–Crippen MR) is 55.5 cm³/mol. The van der Waals surface area contributed by atoms with Crippen LogP contribution < -0.4 is 5.32 Å². The highest BCUT2D eigenvalue weighted by Gasteiger charge is 2.13. The van der Waals surface area contributed by atoms with Crippen molar-refractivity contribution in [2.75, 3.05) is 11.9 Å². The number of fused-ring (bicyclic) bond motifs is 1. The first-order valence-corrected chi connectivity index (χ1v) is 5.07. The highest BCUT2D eigenvalue weighted by atomic mass is 79.9. The lowest BCUT2D eigenvalue weighted by Gasteiger charge is -2.23. The molecule has 1 aliphatic heterocycles. The number of rotatable bonds is 0. The molecule has 2 heteroatoms. The fourth-order valence-electron chi connectivity index (χ4n) is 1.64. The number of benzene rings is 1. The van der Waals surface area contributed by atoms with E-state index in [1.54, 1.807) is 0 Å². The zero-order valence-electron chi connectivity index (χ0n) is 7.10. The fourth-order valence-corrected chi connectivity index (χ4v) is 2.04. The first kappa shape index (κ1) is 8.11. The van der Waals surface area contributed by atoms with E-state index in [1.165, 1.54) is 22.1 Å². The quantitative estimate of drug-likeness (QED) is 0.716. The molecule has 1 nitrogen and oxygen atoms in total. The maximum atomic E-state index is 3.48. The second-order valence-corrected chi connectivity index (χ2v) is 4.41. The Kier molecular flexibility index (Phi) is 2.09. The van der Waals surface area contributed by atoms with Crippen molar-refractivity contribution in [3.63, 3.8) is 0 Å². The molecular formula is C10H12BrN. The van der Waals surface area contributed by atoms with E-state index in [0.29, 0.717) is 0 Å². The van der Waals surface area contributed by atoms with Gasteiger partial charge >= 0.3 is 0 Å². The lowest BCUT2D eigenvalue weighted by atomic mass is 9.96. The van der Waals surface area contributed by atoms with Crippen molar-refractivity contribution >= 4 is 21.6 Å². The summed E-state index contributed by atoms with van der Waals surface area (Å²) in [6.45, 7) is 3.38. The van der Waals surface area contributed by atoms with Gasteiger partial charge in [0.1, 0.15) is 0 Å². The Morgan fingerprint density at radius 3 is 3.17 bits per heavy atom. The van der Waals surface area contributed by atoms with Gasteiger partial charge in [0.2, 0.25) is 0 Å². The van der Waals surface area contributed by atoms with Crippen LogP contribution in [0.2, 0.25) is 0 Å². The molecule has 0 radical (unpaired) electrons. The molecule has 0 saturated heterocycles. The average Bonchev–Trinajstić information content (AvgIpc) is 2.03. The highest BCUT2D eigenvalue weighted by Crippen LogP contribution is 2.27. The van der Waals surface area contributed by atoms with Crippen LogP contribution >= 0.6 is 15.9 Å². The maximum Gasteiger partial charge on any atom is 0.0373 e. The molecule has 1 N–H and O–H groups in total. The minimum Gasteiger partial charge on any atom is -0.385 e. The van der Waals surface area contributed by atoms with Gasteiger partial charge in [0.15, 0.2) is 0 Å². The van der Waals surface area contributed by atoms with Crippen molar-refractivity contribution in [2.45, 2.75) is 13.3 Å². The molecule has 0 aliphatic carbocycles. The molecular weight excluding hydrogens is 214 g/mol. The Morgan fingerprint density at radius 2 is 2.33 bits per heavy atom. The summed E-state index contributed by atoms with van der Waals surface area (Å²) < 4.78 is 1.18. The molecule has 1 aromatic carbocycles. The maximum absolute atomic E-state index is 3.48. The molecule has 1 atom stereocenters. The lowest BCUT2D eigenvalue weighted by molar-refractivity contribution is 0.594. The molecule has 0 fully saturated rings. The topological polar surface area (TPSA) is 12.0 Å². The molecule has 64 valence electrons. The third kappa shape index (κ3) is 1.48. The van der Waals surface area contributed by atoms with Gasteiger partial charge in [0, 0.05) is 16.7 Å². The molecule has 0 saturated carbocycles. The van der Waals surface area contributed by atoms with E-state index in [1.807, 2.05) is 0 Å². The summed E-state index contributed by atoms with van der Waals surface area (Å²) in [6, 6.07) is 6.44. The fraction of sp³-hybridized carbons (Fsp3) is 0.400. The number of nitrogens with one attached hydrogen (secondary N) is 1. The molecule has 2 rings (SSSR count). The van der Waals surface area contributed by atoms with Crippen LogP contribution in [-0.2, 0) is 6.42 Å². The van der Waals surface area contributed by atoms with E-state index < -0.39 is 0 Å². The Bertz CT molecular complexity index is 296. The predicted octanol–water partition coefficient (Wildman–Crippen LogP) is 3.05. The van der Waals surface area contributed by atoms with Crippen LogP contribution in [0.3, 0.4) is 0 Å². The van der Waals surface area contributed by atoms with E-state index in [2.05, 4.69) is 46.4 Å². The molecule has 0 spiro atoms. The van der Waals surface area contributed by atoms with Gasteiger partial charge in [-0.25, -0.2) is 0 Å². The monoisotopic (exact) mass is 225 g/mol. The molecule has 1 heterocycles. The second-order valence-electron chi connectivity index (χ2n) is 3.49. The van der Waals surface area contributed by atoms with Crippen molar-refractivity contribution in [3.05, 3.63) is 28.2 Å². The summed E-state index contributed by atoms with van der Waals surface area (Å²) in [5, 5.41) is 3.42. The standard InChI is InChI=1S/C10H12BrN/c1-7-4-8-5-9(11)2-3-10(8)12-6-7/h2-3,5,7,12H,4,6H2,1H3. The Hall–Kier alpha value is -0.500. The second kappa shape index (κ2) is 3.09. The highest BCUT2D eigenvalue weighted by molar-refractivity contribution is 9.10. The van der Waals surface area contributed by atoms with E-state index in [4.69, 9.17) is 0 Å². The van der Waals surface area contributed by atoms with Crippen molar-refractivity contribution in [3.8, 4) is 0 Å². The number of hydrogen-bond acceptors (Lipinski definition) is 1. The zero-order valence-corrected chi connectivity index (χ0v) is 8.69. The summed E-state index contributed by atoms with van der Waals surface area (Å²) in [5.41, 5.74) is 2.74. The van der Waals surface area contributed by atoms with Crippen LogP contribution in [0.4, 0.5) is 5.69 Å². The third-order valence-corrected chi connectivity index (χ3v) is 2.77. The van der Waals surface area contributed by atoms with Crippen molar-refractivity contribution in [2.24, 2.45) is 5.92 Å². The zero-order chi connectivity index (χ0) is 8.55. The summed E-state index contributed by atoms with van der Waals surface area (Å²) in [7, 11) is 0. The minimum absolute atomic E-state index is 0.756. The van der Waals surface area contributed by atoms with Crippen LogP contribution in [0.25, 0.3) is 0 Å². The molecule has 1 aromatic rings. The van der Waals surface area contributed by atoms with Gasteiger partial charge in [-0.3, -0.25) is 0 Å². The average molecular weight is 226 g/mol. The number of halogens is 1. The Morgan fingerprint density at radius 1 is 1.50 bits per heavy atom. The lowest BCUT2D eigenvalue weighted by Crippen LogP contribution is -2.20. The Balaban J connectivity index is 2.37. The summed E-state index contributed by atoms with van der Waals surface area (Å²) >= 11 is 3.48. The van der Waals surface area contributed by atoms with Crippen LogP contribution in [0.5, 0.6) is 0 Å². The van der Waals surface area contributed by atoms with Crippen LogP contribution in [-0.4, -0.2) is 6.54 Å². The van der Waals surface area contributed by atoms with Crippen molar-refractivity contribution in [1.29, 1.82) is 0 Å². The molecule has 1 unspecified atom stereocenters. The van der Waals surface area contributed by atoms with Gasteiger partial charge in [0.05, 0.1) is 0 Å². The van der Waals surface area contributed by atoms with E-state index in [0.717, 1.165) is 12.5 Å². The van der Waals surface area contributed by atoms with Crippen molar-refractivity contribution in [1.82, 2.24) is 0 Å². The summed E-state index contributed by atoms with van der Waals surface area (Å²) in [6.07, 6.45) is 1.20. The van der Waals surface area contributed by atoms with E-state index in [-0.39, 0.29) is 0 Å². The van der Waals surface area contributed by atoms with Crippen LogP contribution in [0, 0.1) is 5.92 Å². The van der Waals surface area contributed by atoms with Gasteiger partial charge < -0.3 is 5.32 Å². The normalized spacial score (nSPS) is 21.3.